The fourth-order valence-electron chi connectivity index (χ4n) is 2.18. The lowest BCUT2D eigenvalue weighted by atomic mass is 10.1. The van der Waals surface area contributed by atoms with E-state index in [1.54, 1.807) is 11.8 Å². The minimum atomic E-state index is -2.91. The van der Waals surface area contributed by atoms with E-state index >= 15 is 0 Å². The summed E-state index contributed by atoms with van der Waals surface area (Å²) in [5, 5.41) is 2.80. The number of benzene rings is 1. The van der Waals surface area contributed by atoms with Crippen molar-refractivity contribution in [3.05, 3.63) is 24.3 Å². The molecule has 1 amide bonds. The Morgan fingerprint density at radius 2 is 2.05 bits per heavy atom. The van der Waals surface area contributed by atoms with Gasteiger partial charge in [-0.05, 0) is 42.9 Å². The van der Waals surface area contributed by atoms with Crippen LogP contribution < -0.4 is 5.32 Å². The lowest BCUT2D eigenvalue weighted by Gasteiger charge is -2.09. The van der Waals surface area contributed by atoms with Crippen molar-refractivity contribution in [1.82, 2.24) is 0 Å². The molecule has 1 fully saturated rings. The molecule has 0 unspecified atom stereocenters. The second-order valence-corrected chi connectivity index (χ2v) is 7.86. The van der Waals surface area contributed by atoms with Gasteiger partial charge < -0.3 is 5.32 Å². The van der Waals surface area contributed by atoms with Crippen LogP contribution >= 0.6 is 11.8 Å². The van der Waals surface area contributed by atoms with E-state index < -0.39 is 9.84 Å². The number of sulfone groups is 1. The van der Waals surface area contributed by atoms with Crippen LogP contribution in [0.15, 0.2) is 29.2 Å². The largest absolute Gasteiger partial charge is 0.326 e. The Hall–Kier alpha value is -1.01. The molecule has 19 heavy (non-hydrogen) atoms. The van der Waals surface area contributed by atoms with E-state index in [4.69, 9.17) is 0 Å². The van der Waals surface area contributed by atoms with Gasteiger partial charge in [-0.2, -0.15) is 0 Å². The monoisotopic (exact) mass is 299 g/mol. The van der Waals surface area contributed by atoms with Gasteiger partial charge in [0.15, 0.2) is 9.84 Å². The fraction of sp³-hybridized carbons (Fsp3) is 0.462. The summed E-state index contributed by atoms with van der Waals surface area (Å²) in [5.74, 6) is 0.216. The van der Waals surface area contributed by atoms with Gasteiger partial charge in [-0.15, -0.1) is 11.8 Å². The zero-order chi connectivity index (χ0) is 13.9. The fourth-order valence-corrected chi connectivity index (χ4v) is 4.45. The topological polar surface area (TPSA) is 63.2 Å². The molecule has 1 aliphatic heterocycles. The maximum Gasteiger partial charge on any atom is 0.224 e. The van der Waals surface area contributed by atoms with E-state index in [0.29, 0.717) is 6.42 Å². The molecule has 1 N–H and O–H groups in total. The van der Waals surface area contributed by atoms with Crippen LogP contribution in [0.4, 0.5) is 5.69 Å². The van der Waals surface area contributed by atoms with Crippen LogP contribution in [0.25, 0.3) is 0 Å². The molecule has 104 valence electrons. The number of carbonyl (C=O) groups excluding carboxylic acids is 1. The second kappa shape index (κ2) is 5.96. The summed E-state index contributed by atoms with van der Waals surface area (Å²) in [6.07, 6.45) is 2.87. The van der Waals surface area contributed by atoms with Crippen LogP contribution in [0.1, 0.15) is 12.8 Å². The molecule has 1 aromatic rings. The average Bonchev–Trinajstić information content (AvgIpc) is 2.69. The van der Waals surface area contributed by atoms with Crippen LogP contribution in [0.2, 0.25) is 0 Å². The number of carbonyl (C=O) groups is 1. The zero-order valence-corrected chi connectivity index (χ0v) is 12.4. The third-order valence-electron chi connectivity index (χ3n) is 3.17. The highest BCUT2D eigenvalue weighted by atomic mass is 32.2. The lowest BCUT2D eigenvalue weighted by Crippen LogP contribution is -2.17. The summed E-state index contributed by atoms with van der Waals surface area (Å²) in [7, 11) is -2.91. The molecule has 0 spiro atoms. The smallest absolute Gasteiger partial charge is 0.224 e. The minimum absolute atomic E-state index is 0.0320. The van der Waals surface area contributed by atoms with Gasteiger partial charge in [0.2, 0.25) is 5.91 Å². The number of amides is 1. The first-order chi connectivity index (χ1) is 8.98. The van der Waals surface area contributed by atoms with E-state index in [-0.39, 0.29) is 29.8 Å². The van der Waals surface area contributed by atoms with E-state index in [1.165, 1.54) is 0 Å². The Balaban J connectivity index is 1.87. The number of rotatable bonds is 4. The first-order valence-electron chi connectivity index (χ1n) is 6.13. The van der Waals surface area contributed by atoms with Crippen molar-refractivity contribution in [3.8, 4) is 0 Å². The standard InChI is InChI=1S/C13H17NO3S2/c1-18-12-4-2-11(3-5-12)14-13(15)8-10-6-7-19(16,17)9-10/h2-5,10H,6-9H2,1H3,(H,14,15)/t10-/m1/s1. The molecule has 6 heteroatoms. The predicted molar refractivity (Wildman–Crippen MR) is 78.2 cm³/mol. The average molecular weight is 299 g/mol. The summed E-state index contributed by atoms with van der Waals surface area (Å²) in [4.78, 5) is 13.0. The third-order valence-corrected chi connectivity index (χ3v) is 5.76. The molecule has 1 atom stereocenters. The third kappa shape index (κ3) is 4.24. The number of hydrogen-bond donors (Lipinski definition) is 1. The van der Waals surface area contributed by atoms with E-state index in [1.807, 2.05) is 30.5 Å². The van der Waals surface area contributed by atoms with Crippen LogP contribution in [0.5, 0.6) is 0 Å². The number of thioether (sulfide) groups is 1. The van der Waals surface area contributed by atoms with Crippen LogP contribution in [-0.2, 0) is 14.6 Å². The van der Waals surface area contributed by atoms with Crippen LogP contribution in [-0.4, -0.2) is 32.1 Å². The highest BCUT2D eigenvalue weighted by Gasteiger charge is 2.29. The van der Waals surface area contributed by atoms with E-state index in [0.717, 1.165) is 10.6 Å². The van der Waals surface area contributed by atoms with Crippen LogP contribution in [0, 0.1) is 5.92 Å². The molecule has 0 aliphatic carbocycles. The Labute approximate surface area is 117 Å². The molecule has 1 saturated heterocycles. The van der Waals surface area contributed by atoms with Gasteiger partial charge in [-0.25, -0.2) is 8.42 Å². The molecule has 2 rings (SSSR count). The van der Waals surface area contributed by atoms with Crippen LogP contribution in [0.3, 0.4) is 0 Å². The Kier molecular flexibility index (Phi) is 4.52. The van der Waals surface area contributed by atoms with Gasteiger partial charge in [0.1, 0.15) is 0 Å². The van der Waals surface area contributed by atoms with Crippen molar-refractivity contribution in [2.24, 2.45) is 5.92 Å². The van der Waals surface area contributed by atoms with E-state index in [2.05, 4.69) is 5.32 Å². The molecule has 0 aromatic heterocycles. The first-order valence-corrected chi connectivity index (χ1v) is 9.17. The molecule has 0 bridgehead atoms. The highest BCUT2D eigenvalue weighted by molar-refractivity contribution is 7.98. The van der Waals surface area contributed by atoms with Crippen molar-refractivity contribution in [2.45, 2.75) is 17.7 Å². The Bertz CT molecular complexity index is 552. The molecule has 0 saturated carbocycles. The van der Waals surface area contributed by atoms with Crippen molar-refractivity contribution in [1.29, 1.82) is 0 Å². The SMILES string of the molecule is CSc1ccc(NC(=O)C[C@H]2CCS(=O)(=O)C2)cc1. The summed E-state index contributed by atoms with van der Waals surface area (Å²) >= 11 is 1.64. The molecular weight excluding hydrogens is 282 g/mol. The molecule has 1 heterocycles. The summed E-state index contributed by atoms with van der Waals surface area (Å²) < 4.78 is 22.6. The van der Waals surface area contributed by atoms with Gasteiger partial charge in [0, 0.05) is 17.0 Å². The lowest BCUT2D eigenvalue weighted by molar-refractivity contribution is -0.116. The molecular formula is C13H17NO3S2. The van der Waals surface area contributed by atoms with Crippen molar-refractivity contribution < 1.29 is 13.2 Å². The van der Waals surface area contributed by atoms with Crippen molar-refractivity contribution in [3.63, 3.8) is 0 Å². The molecule has 1 aliphatic rings. The summed E-state index contributed by atoms with van der Waals surface area (Å²) in [6.45, 7) is 0. The first kappa shape index (κ1) is 14.4. The Morgan fingerprint density at radius 3 is 2.58 bits per heavy atom. The molecule has 1 aromatic carbocycles. The summed E-state index contributed by atoms with van der Waals surface area (Å²) in [6, 6.07) is 7.60. The highest BCUT2D eigenvalue weighted by Crippen LogP contribution is 2.22. The normalized spacial score (nSPS) is 21.2. The van der Waals surface area contributed by atoms with Gasteiger partial charge in [-0.1, -0.05) is 0 Å². The van der Waals surface area contributed by atoms with Gasteiger partial charge >= 0.3 is 0 Å². The van der Waals surface area contributed by atoms with Gasteiger partial charge in [0.25, 0.3) is 0 Å². The maximum atomic E-state index is 11.8. The molecule has 0 radical (unpaired) electrons. The zero-order valence-electron chi connectivity index (χ0n) is 10.8. The Morgan fingerprint density at radius 1 is 1.37 bits per heavy atom. The quantitative estimate of drug-likeness (QED) is 0.866. The number of nitrogens with one attached hydrogen (secondary N) is 1. The number of hydrogen-bond acceptors (Lipinski definition) is 4. The van der Waals surface area contributed by atoms with Crippen molar-refractivity contribution >= 4 is 33.2 Å². The van der Waals surface area contributed by atoms with E-state index in [9.17, 15) is 13.2 Å². The number of anilines is 1. The minimum Gasteiger partial charge on any atom is -0.326 e. The summed E-state index contributed by atoms with van der Waals surface area (Å²) in [5.41, 5.74) is 0.753. The predicted octanol–water partition coefficient (Wildman–Crippen LogP) is 2.17. The molecule has 4 nitrogen and oxygen atoms in total. The van der Waals surface area contributed by atoms with Crippen molar-refractivity contribution in [2.75, 3.05) is 23.1 Å². The van der Waals surface area contributed by atoms with Gasteiger partial charge in [-0.3, -0.25) is 4.79 Å². The van der Waals surface area contributed by atoms with Gasteiger partial charge in [0.05, 0.1) is 11.5 Å². The second-order valence-electron chi connectivity index (χ2n) is 4.75. The maximum absolute atomic E-state index is 11.8.